The third-order valence-corrected chi connectivity index (χ3v) is 13.5. The van der Waals surface area contributed by atoms with Crippen LogP contribution in [0.4, 0.5) is 0 Å². The summed E-state index contributed by atoms with van der Waals surface area (Å²) in [6.45, 7) is 16.3. The molecule has 6 heteroatoms. The third kappa shape index (κ3) is 8.37. The molecule has 1 saturated carbocycles. The second kappa shape index (κ2) is 17.1. The molecular formula is C51H53IrN3OSi-2. The molecule has 0 saturated heterocycles. The van der Waals surface area contributed by atoms with Crippen molar-refractivity contribution in [3.05, 3.63) is 144 Å². The van der Waals surface area contributed by atoms with Crippen molar-refractivity contribution in [3.8, 4) is 28.3 Å². The Labute approximate surface area is 353 Å². The Morgan fingerprint density at radius 1 is 0.754 bits per heavy atom. The van der Waals surface area contributed by atoms with Crippen molar-refractivity contribution in [2.24, 2.45) is 5.92 Å². The number of furan rings is 1. The zero-order chi connectivity index (χ0) is 39.0. The number of imidazole rings is 1. The van der Waals surface area contributed by atoms with Gasteiger partial charge in [-0.1, -0.05) is 139 Å². The van der Waals surface area contributed by atoms with Gasteiger partial charge in [-0.05, 0) is 64.4 Å². The first-order valence-electron chi connectivity index (χ1n) is 20.5. The average Bonchev–Trinajstić information content (AvgIpc) is 3.95. The van der Waals surface area contributed by atoms with Crippen LogP contribution >= 0.6 is 0 Å². The zero-order valence-electron chi connectivity index (χ0n) is 34.3. The molecule has 0 bridgehead atoms. The SMILES string of the molecule is CC(C)c1cccc(C(C)C)c1-n1c(-c2[c-]cc3oc4ccccc4c3c2)nc2ccccc21.C[Si](C)(C)c1cnc(-c2[c-]cccc2)cc1CC1CCCC1.[Ir]. The van der Waals surface area contributed by atoms with E-state index in [4.69, 9.17) is 14.4 Å². The summed E-state index contributed by atoms with van der Waals surface area (Å²) in [5, 5.41) is 3.74. The van der Waals surface area contributed by atoms with Gasteiger partial charge in [0.2, 0.25) is 0 Å². The van der Waals surface area contributed by atoms with Crippen LogP contribution in [0.5, 0.6) is 0 Å². The molecule has 3 heterocycles. The number of para-hydroxylation sites is 4. The van der Waals surface area contributed by atoms with E-state index in [9.17, 15) is 0 Å². The van der Waals surface area contributed by atoms with Crippen LogP contribution in [-0.2, 0) is 26.5 Å². The Kier molecular flexibility index (Phi) is 12.2. The summed E-state index contributed by atoms with van der Waals surface area (Å²) in [6.07, 6.45) is 9.03. The van der Waals surface area contributed by atoms with Crippen molar-refractivity contribution in [3.63, 3.8) is 0 Å². The van der Waals surface area contributed by atoms with Crippen molar-refractivity contribution in [1.29, 1.82) is 0 Å². The summed E-state index contributed by atoms with van der Waals surface area (Å²) in [7, 11) is -1.35. The molecule has 1 aliphatic carbocycles. The van der Waals surface area contributed by atoms with E-state index in [-0.39, 0.29) is 20.1 Å². The topological polar surface area (TPSA) is 43.9 Å². The van der Waals surface area contributed by atoms with Crippen LogP contribution in [0, 0.1) is 18.1 Å². The van der Waals surface area contributed by atoms with Crippen molar-refractivity contribution in [2.45, 2.75) is 91.3 Å². The van der Waals surface area contributed by atoms with Gasteiger partial charge in [-0.3, -0.25) is 4.98 Å². The van der Waals surface area contributed by atoms with Gasteiger partial charge in [-0.15, -0.1) is 59.7 Å². The molecule has 1 radical (unpaired) electrons. The van der Waals surface area contributed by atoms with Gasteiger partial charge in [-0.2, -0.15) is 0 Å². The molecule has 0 aliphatic heterocycles. The van der Waals surface area contributed by atoms with Crippen LogP contribution < -0.4 is 5.19 Å². The van der Waals surface area contributed by atoms with Crippen LogP contribution in [0.2, 0.25) is 19.6 Å². The number of benzene rings is 5. The van der Waals surface area contributed by atoms with E-state index in [2.05, 4.69) is 149 Å². The molecule has 0 atom stereocenters. The molecule has 0 N–H and O–H groups in total. The van der Waals surface area contributed by atoms with Gasteiger partial charge in [0.05, 0.1) is 30.5 Å². The number of hydrogen-bond acceptors (Lipinski definition) is 3. The van der Waals surface area contributed by atoms with Crippen LogP contribution in [0.3, 0.4) is 0 Å². The maximum Gasteiger partial charge on any atom is 0.120 e. The fourth-order valence-electron chi connectivity index (χ4n) is 8.57. The van der Waals surface area contributed by atoms with E-state index in [1.165, 1.54) is 48.9 Å². The van der Waals surface area contributed by atoms with E-state index < -0.39 is 8.07 Å². The van der Waals surface area contributed by atoms with E-state index in [1.807, 2.05) is 30.3 Å². The largest absolute Gasteiger partial charge is 0.500 e. The van der Waals surface area contributed by atoms with Crippen LogP contribution in [0.15, 0.2) is 120 Å². The third-order valence-electron chi connectivity index (χ3n) is 11.4. The van der Waals surface area contributed by atoms with E-state index in [1.54, 1.807) is 10.8 Å². The summed E-state index contributed by atoms with van der Waals surface area (Å²) >= 11 is 0. The Bertz CT molecular complexity index is 2600. The molecule has 8 aromatic rings. The van der Waals surface area contributed by atoms with Gasteiger partial charge >= 0.3 is 0 Å². The average molecular weight is 944 g/mol. The molecule has 293 valence electrons. The Morgan fingerprint density at radius 3 is 2.16 bits per heavy atom. The quantitative estimate of drug-likeness (QED) is 0.113. The van der Waals surface area contributed by atoms with Crippen LogP contribution in [0.1, 0.15) is 81.9 Å². The molecule has 57 heavy (non-hydrogen) atoms. The molecule has 0 amide bonds. The number of rotatable bonds is 8. The number of fused-ring (bicyclic) bond motifs is 4. The zero-order valence-corrected chi connectivity index (χ0v) is 37.7. The summed E-state index contributed by atoms with van der Waals surface area (Å²) in [6, 6.07) is 44.7. The molecule has 1 aliphatic rings. The molecule has 5 aromatic carbocycles. The minimum Gasteiger partial charge on any atom is -0.500 e. The van der Waals surface area contributed by atoms with E-state index in [0.29, 0.717) is 11.8 Å². The molecular weight excluding hydrogens is 891 g/mol. The van der Waals surface area contributed by atoms with Gasteiger partial charge in [0, 0.05) is 37.4 Å². The van der Waals surface area contributed by atoms with Crippen LogP contribution in [-0.4, -0.2) is 22.6 Å². The Hall–Kier alpha value is -4.61. The second-order valence-electron chi connectivity index (χ2n) is 17.2. The minimum absolute atomic E-state index is 0. The molecule has 1 fully saturated rings. The number of aromatic nitrogens is 3. The molecule has 0 unspecified atom stereocenters. The van der Waals surface area contributed by atoms with Gasteiger partial charge in [-0.25, -0.2) is 0 Å². The van der Waals surface area contributed by atoms with Gasteiger partial charge in [0.1, 0.15) is 5.58 Å². The van der Waals surface area contributed by atoms with Crippen molar-refractivity contribution in [2.75, 3.05) is 0 Å². The Balaban J connectivity index is 0.000000188. The van der Waals surface area contributed by atoms with Gasteiger partial charge < -0.3 is 14.0 Å². The number of nitrogens with zero attached hydrogens (tertiary/aromatic N) is 3. The van der Waals surface area contributed by atoms with E-state index in [0.717, 1.165) is 61.5 Å². The predicted octanol–water partition coefficient (Wildman–Crippen LogP) is 13.5. The Morgan fingerprint density at radius 2 is 1.46 bits per heavy atom. The molecule has 0 spiro atoms. The normalized spacial score (nSPS) is 13.4. The van der Waals surface area contributed by atoms with E-state index >= 15 is 0 Å². The van der Waals surface area contributed by atoms with Crippen LogP contribution in [0.25, 0.3) is 61.3 Å². The maximum absolute atomic E-state index is 6.06. The fourth-order valence-corrected chi connectivity index (χ4v) is 10.2. The number of pyridine rings is 1. The summed E-state index contributed by atoms with van der Waals surface area (Å²) in [5.41, 5.74) is 12.4. The molecule has 3 aromatic heterocycles. The first-order valence-corrected chi connectivity index (χ1v) is 24.0. The van der Waals surface area contributed by atoms with Crippen molar-refractivity contribution >= 4 is 46.2 Å². The first-order chi connectivity index (χ1) is 27.1. The minimum atomic E-state index is -1.35. The summed E-state index contributed by atoms with van der Waals surface area (Å²) < 4.78 is 8.41. The summed E-state index contributed by atoms with van der Waals surface area (Å²) in [5.74, 6) is 2.55. The standard InChI is InChI=1S/C31H27N2O.C20H26NSi.Ir/c1-19(2)22-11-9-12-23(20(3)4)30(22)33-27-14-7-6-13-26(27)32-31(33)21-16-17-29-25(18-21)24-10-5-8-15-28(24)34-29;1-22(2,3)20-15-21-19(17-11-5-4-6-12-17)14-18(20)13-16-9-7-8-10-16;/h5-15,17-20H,1-4H3;4-6,11,14-16H,7-10,13H2,1-3H3;/q2*-1;. The first kappa shape index (κ1) is 40.6. The maximum atomic E-state index is 6.06. The number of hydrogen-bond donors (Lipinski definition) is 0. The summed E-state index contributed by atoms with van der Waals surface area (Å²) in [4.78, 5) is 9.89. The second-order valence-corrected chi connectivity index (χ2v) is 22.2. The molecule has 9 rings (SSSR count). The van der Waals surface area contributed by atoms with Gasteiger partial charge in [0.15, 0.2) is 0 Å². The molecule has 4 nitrogen and oxygen atoms in total. The predicted molar refractivity (Wildman–Crippen MR) is 238 cm³/mol. The smallest absolute Gasteiger partial charge is 0.120 e. The monoisotopic (exact) mass is 944 g/mol. The van der Waals surface area contributed by atoms with Crippen molar-refractivity contribution < 1.29 is 24.5 Å². The fraction of sp³-hybridized carbons (Fsp3) is 0.294. The van der Waals surface area contributed by atoms with Gasteiger partial charge in [0.25, 0.3) is 0 Å². The van der Waals surface area contributed by atoms with Crippen molar-refractivity contribution in [1.82, 2.24) is 14.5 Å².